The van der Waals surface area contributed by atoms with E-state index in [1.165, 1.54) is 36.4 Å². The molecule has 0 fully saturated rings. The first-order valence-electron chi connectivity index (χ1n) is 5.64. The fourth-order valence-electron chi connectivity index (χ4n) is 1.44. The van der Waals surface area contributed by atoms with Crippen LogP contribution in [0.25, 0.3) is 0 Å². The Labute approximate surface area is 131 Å². The fourth-order valence-corrected chi connectivity index (χ4v) is 2.62. The van der Waals surface area contributed by atoms with Crippen LogP contribution < -0.4 is 4.83 Å². The van der Waals surface area contributed by atoms with E-state index in [0.29, 0.717) is 0 Å². The van der Waals surface area contributed by atoms with Crippen molar-refractivity contribution in [3.63, 3.8) is 0 Å². The molecule has 0 aliphatic heterocycles. The molecule has 0 spiro atoms. The number of hydrogen-bond acceptors (Lipinski definition) is 3. The molecule has 2 rings (SSSR count). The Morgan fingerprint density at radius 3 is 2.48 bits per heavy atom. The normalized spacial score (nSPS) is 11.8. The van der Waals surface area contributed by atoms with Gasteiger partial charge in [-0.05, 0) is 24.3 Å². The molecule has 2 aromatic rings. The Kier molecular flexibility index (Phi) is 4.82. The lowest BCUT2D eigenvalue weighted by Gasteiger charge is -2.04. The summed E-state index contributed by atoms with van der Waals surface area (Å²) in [5.74, 6) is -0.505. The zero-order valence-corrected chi connectivity index (χ0v) is 12.8. The minimum absolute atomic E-state index is 0.0948. The molecular formula is C13H9Cl2FN2O2S. The van der Waals surface area contributed by atoms with Gasteiger partial charge in [0.25, 0.3) is 10.0 Å². The van der Waals surface area contributed by atoms with Crippen LogP contribution in [-0.4, -0.2) is 14.6 Å². The van der Waals surface area contributed by atoms with Crippen LogP contribution in [0, 0.1) is 5.82 Å². The summed E-state index contributed by atoms with van der Waals surface area (Å²) in [6.45, 7) is 0. The van der Waals surface area contributed by atoms with E-state index in [9.17, 15) is 12.8 Å². The minimum atomic E-state index is -3.90. The van der Waals surface area contributed by atoms with Crippen molar-refractivity contribution in [1.82, 2.24) is 4.83 Å². The predicted octanol–water partition coefficient (Wildman–Crippen LogP) is 3.44. The van der Waals surface area contributed by atoms with Crippen molar-refractivity contribution < 1.29 is 12.8 Å². The number of sulfonamides is 1. The smallest absolute Gasteiger partial charge is 0.206 e. The fraction of sp³-hybridized carbons (Fsp3) is 0. The molecule has 0 radical (unpaired) electrons. The van der Waals surface area contributed by atoms with E-state index in [0.717, 1.165) is 6.21 Å². The lowest BCUT2D eigenvalue weighted by molar-refractivity contribution is 0.584. The first-order chi connectivity index (χ1) is 9.90. The Balaban J connectivity index is 2.18. The van der Waals surface area contributed by atoms with Gasteiger partial charge < -0.3 is 0 Å². The quantitative estimate of drug-likeness (QED) is 0.680. The average molecular weight is 347 g/mol. The number of rotatable bonds is 4. The average Bonchev–Trinajstić information content (AvgIpc) is 2.44. The summed E-state index contributed by atoms with van der Waals surface area (Å²) in [5.41, 5.74) is 0.161. The first kappa shape index (κ1) is 15.8. The standard InChI is InChI=1S/C13H9Cl2FN2O2S/c14-11-6-5-10(7-12(11)15)21(19,20)18-17-8-9-3-1-2-4-13(9)16/h1-8,18H/b17-8+. The van der Waals surface area contributed by atoms with Crippen LogP contribution in [0.3, 0.4) is 0 Å². The third-order valence-electron chi connectivity index (χ3n) is 2.48. The van der Waals surface area contributed by atoms with Crippen molar-refractivity contribution >= 4 is 39.4 Å². The second-order valence-corrected chi connectivity index (χ2v) is 6.43. The molecule has 0 aromatic heterocycles. The molecule has 110 valence electrons. The molecule has 0 unspecified atom stereocenters. The number of nitrogens with one attached hydrogen (secondary N) is 1. The Morgan fingerprint density at radius 1 is 1.10 bits per heavy atom. The van der Waals surface area contributed by atoms with Gasteiger partial charge in [-0.3, -0.25) is 0 Å². The molecule has 21 heavy (non-hydrogen) atoms. The monoisotopic (exact) mass is 346 g/mol. The predicted molar refractivity (Wildman–Crippen MR) is 80.8 cm³/mol. The largest absolute Gasteiger partial charge is 0.276 e. The van der Waals surface area contributed by atoms with Crippen LogP contribution in [0.5, 0.6) is 0 Å². The lowest BCUT2D eigenvalue weighted by Crippen LogP contribution is -2.18. The van der Waals surface area contributed by atoms with E-state index < -0.39 is 15.8 Å². The maximum atomic E-state index is 13.3. The summed E-state index contributed by atoms with van der Waals surface area (Å²) >= 11 is 11.5. The first-order valence-corrected chi connectivity index (χ1v) is 7.88. The molecule has 0 heterocycles. The Bertz CT molecular complexity index is 795. The van der Waals surface area contributed by atoms with Crippen LogP contribution in [-0.2, 0) is 10.0 Å². The minimum Gasteiger partial charge on any atom is -0.206 e. The van der Waals surface area contributed by atoms with Crippen LogP contribution in [0.2, 0.25) is 10.0 Å². The summed E-state index contributed by atoms with van der Waals surface area (Å²) in [5, 5.41) is 3.87. The Hall–Kier alpha value is -1.63. The van der Waals surface area contributed by atoms with Crippen molar-refractivity contribution in [3.8, 4) is 0 Å². The second-order valence-electron chi connectivity index (χ2n) is 3.95. The van der Waals surface area contributed by atoms with Gasteiger partial charge in [0.15, 0.2) is 0 Å². The van der Waals surface area contributed by atoms with Crippen molar-refractivity contribution in [2.45, 2.75) is 4.90 Å². The summed E-state index contributed by atoms with van der Waals surface area (Å²) in [7, 11) is -3.90. The van der Waals surface area contributed by atoms with Crippen LogP contribution in [0.4, 0.5) is 4.39 Å². The molecule has 8 heteroatoms. The van der Waals surface area contributed by atoms with Crippen molar-refractivity contribution in [1.29, 1.82) is 0 Å². The highest BCUT2D eigenvalue weighted by atomic mass is 35.5. The summed E-state index contributed by atoms with van der Waals surface area (Å²) in [6.07, 6.45) is 1.07. The molecule has 0 amide bonds. The Morgan fingerprint density at radius 2 is 1.81 bits per heavy atom. The van der Waals surface area contributed by atoms with E-state index in [1.807, 2.05) is 4.83 Å². The highest BCUT2D eigenvalue weighted by molar-refractivity contribution is 7.89. The molecule has 0 saturated heterocycles. The summed E-state index contributed by atoms with van der Waals surface area (Å²) in [4.78, 5) is 1.88. The molecule has 2 aromatic carbocycles. The number of nitrogens with zero attached hydrogens (tertiary/aromatic N) is 1. The molecule has 4 nitrogen and oxygen atoms in total. The molecule has 1 N–H and O–H groups in total. The number of halogens is 3. The number of benzene rings is 2. The third-order valence-corrected chi connectivity index (χ3v) is 4.44. The highest BCUT2D eigenvalue weighted by Gasteiger charge is 2.14. The topological polar surface area (TPSA) is 58.5 Å². The number of hydrogen-bond donors (Lipinski definition) is 1. The van der Waals surface area contributed by atoms with Gasteiger partial charge in [0.2, 0.25) is 0 Å². The van der Waals surface area contributed by atoms with Gasteiger partial charge in [-0.15, -0.1) is 0 Å². The van der Waals surface area contributed by atoms with Gasteiger partial charge in [0, 0.05) is 5.56 Å². The highest BCUT2D eigenvalue weighted by Crippen LogP contribution is 2.24. The van der Waals surface area contributed by atoms with E-state index in [4.69, 9.17) is 23.2 Å². The summed E-state index contributed by atoms with van der Waals surface area (Å²) < 4.78 is 37.2. The van der Waals surface area contributed by atoms with Gasteiger partial charge >= 0.3 is 0 Å². The van der Waals surface area contributed by atoms with Gasteiger partial charge in [-0.25, -0.2) is 9.22 Å². The maximum absolute atomic E-state index is 13.3. The van der Waals surface area contributed by atoms with Crippen molar-refractivity contribution in [2.75, 3.05) is 0 Å². The molecule has 0 atom stereocenters. The van der Waals surface area contributed by atoms with Gasteiger partial charge in [0.05, 0.1) is 21.2 Å². The van der Waals surface area contributed by atoms with Crippen LogP contribution in [0.1, 0.15) is 5.56 Å². The van der Waals surface area contributed by atoms with Gasteiger partial charge in [-0.1, -0.05) is 41.4 Å². The zero-order chi connectivity index (χ0) is 15.5. The number of hydrazone groups is 1. The van der Waals surface area contributed by atoms with Crippen LogP contribution >= 0.6 is 23.2 Å². The van der Waals surface area contributed by atoms with Gasteiger partial charge in [-0.2, -0.15) is 13.5 Å². The van der Waals surface area contributed by atoms with E-state index in [2.05, 4.69) is 5.10 Å². The summed E-state index contributed by atoms with van der Waals surface area (Å²) in [6, 6.07) is 9.69. The van der Waals surface area contributed by atoms with E-state index in [1.54, 1.807) is 6.07 Å². The van der Waals surface area contributed by atoms with Gasteiger partial charge in [0.1, 0.15) is 5.82 Å². The third kappa shape index (κ3) is 3.93. The van der Waals surface area contributed by atoms with Crippen molar-refractivity contribution in [3.05, 3.63) is 63.9 Å². The SMILES string of the molecule is O=S(=O)(N/N=C/c1ccccc1F)c1ccc(Cl)c(Cl)c1. The van der Waals surface area contributed by atoms with Crippen molar-refractivity contribution in [2.24, 2.45) is 5.10 Å². The lowest BCUT2D eigenvalue weighted by atomic mass is 10.2. The molecule has 0 aliphatic carbocycles. The molecule has 0 bridgehead atoms. The molecule has 0 saturated carbocycles. The maximum Gasteiger partial charge on any atom is 0.276 e. The molecule has 0 aliphatic rings. The van der Waals surface area contributed by atoms with E-state index >= 15 is 0 Å². The second kappa shape index (κ2) is 6.43. The molecular weight excluding hydrogens is 338 g/mol. The zero-order valence-electron chi connectivity index (χ0n) is 10.4. The van der Waals surface area contributed by atoms with Crippen LogP contribution in [0.15, 0.2) is 52.5 Å². The van der Waals surface area contributed by atoms with E-state index in [-0.39, 0.29) is 20.5 Å².